The first-order valence-electron chi connectivity index (χ1n) is 5.17. The van der Waals surface area contributed by atoms with Crippen LogP contribution in [-0.4, -0.2) is 6.54 Å². The van der Waals surface area contributed by atoms with Crippen LogP contribution in [-0.2, 0) is 0 Å². The number of hydrogen-bond donors (Lipinski definition) is 2. The number of nitrogens with two attached hydrogens (primary N) is 1. The predicted molar refractivity (Wildman–Crippen MR) is 71.1 cm³/mol. The van der Waals surface area contributed by atoms with Crippen molar-refractivity contribution in [1.82, 2.24) is 0 Å². The lowest BCUT2D eigenvalue weighted by molar-refractivity contribution is 0.626. The van der Waals surface area contributed by atoms with Gasteiger partial charge in [0.1, 0.15) is 5.82 Å². The van der Waals surface area contributed by atoms with Gasteiger partial charge in [-0.3, -0.25) is 0 Å². The number of nitrogens with one attached hydrogen (secondary N) is 1. The Morgan fingerprint density at radius 3 is 2.65 bits per heavy atom. The van der Waals surface area contributed by atoms with Crippen molar-refractivity contribution in [2.45, 2.75) is 6.04 Å². The second-order valence-corrected chi connectivity index (χ2v) is 5.30. The zero-order valence-corrected chi connectivity index (χ0v) is 10.6. The molecular weight excluding hydrogens is 259 g/mol. The highest BCUT2D eigenvalue weighted by Gasteiger charge is 2.13. The molecule has 90 valence electrons. The van der Waals surface area contributed by atoms with Crippen LogP contribution in [0.3, 0.4) is 0 Å². The van der Waals surface area contributed by atoms with Crippen molar-refractivity contribution in [2.24, 2.45) is 5.73 Å². The van der Waals surface area contributed by atoms with Gasteiger partial charge in [-0.25, -0.2) is 4.39 Å². The standard InChI is InChI=1S/C12H12ClFN2S/c13-12-6-5-11(17-12)10(7-15)16-9-4-2-1-3-8(9)14/h1-6,10,16H,7,15H2. The monoisotopic (exact) mass is 270 g/mol. The molecule has 2 aromatic rings. The van der Waals surface area contributed by atoms with Gasteiger partial charge in [-0.15, -0.1) is 11.3 Å². The minimum absolute atomic E-state index is 0.121. The van der Waals surface area contributed by atoms with E-state index < -0.39 is 0 Å². The average molecular weight is 271 g/mol. The highest BCUT2D eigenvalue weighted by molar-refractivity contribution is 7.16. The Labute approximate surface area is 108 Å². The third kappa shape index (κ3) is 2.97. The van der Waals surface area contributed by atoms with Crippen molar-refractivity contribution in [1.29, 1.82) is 0 Å². The summed E-state index contributed by atoms with van der Waals surface area (Å²) in [4.78, 5) is 1.00. The molecule has 0 aliphatic heterocycles. The molecule has 0 saturated carbocycles. The number of para-hydroxylation sites is 1. The zero-order chi connectivity index (χ0) is 12.3. The fourth-order valence-corrected chi connectivity index (χ4v) is 2.65. The molecule has 1 heterocycles. The van der Waals surface area contributed by atoms with Crippen LogP contribution in [0.4, 0.5) is 10.1 Å². The molecule has 3 N–H and O–H groups in total. The molecule has 0 fully saturated rings. The van der Waals surface area contributed by atoms with Crippen molar-refractivity contribution in [3.05, 3.63) is 51.4 Å². The Kier molecular flexibility index (Phi) is 3.99. The number of rotatable bonds is 4. The number of halogens is 2. The van der Waals surface area contributed by atoms with E-state index in [1.165, 1.54) is 17.4 Å². The van der Waals surface area contributed by atoms with Crippen molar-refractivity contribution >= 4 is 28.6 Å². The van der Waals surface area contributed by atoms with Crippen LogP contribution >= 0.6 is 22.9 Å². The summed E-state index contributed by atoms with van der Waals surface area (Å²) in [6.07, 6.45) is 0. The summed E-state index contributed by atoms with van der Waals surface area (Å²) < 4.78 is 14.2. The van der Waals surface area contributed by atoms with Gasteiger partial charge >= 0.3 is 0 Å². The van der Waals surface area contributed by atoms with Crippen LogP contribution in [0.25, 0.3) is 0 Å². The van der Waals surface area contributed by atoms with E-state index in [1.807, 2.05) is 12.1 Å². The molecule has 0 aliphatic rings. The van der Waals surface area contributed by atoms with E-state index in [2.05, 4.69) is 5.32 Å². The third-order valence-electron chi connectivity index (χ3n) is 2.38. The Hall–Kier alpha value is -1.10. The van der Waals surface area contributed by atoms with E-state index in [0.717, 1.165) is 4.88 Å². The Morgan fingerprint density at radius 1 is 1.29 bits per heavy atom. The number of anilines is 1. The van der Waals surface area contributed by atoms with Gasteiger partial charge < -0.3 is 11.1 Å². The summed E-state index contributed by atoms with van der Waals surface area (Å²) in [5.74, 6) is -0.284. The lowest BCUT2D eigenvalue weighted by Crippen LogP contribution is -2.20. The molecule has 1 aromatic carbocycles. The molecule has 1 atom stereocenters. The topological polar surface area (TPSA) is 38.0 Å². The molecule has 0 spiro atoms. The average Bonchev–Trinajstić information content (AvgIpc) is 2.75. The molecule has 17 heavy (non-hydrogen) atoms. The zero-order valence-electron chi connectivity index (χ0n) is 8.99. The summed E-state index contributed by atoms with van der Waals surface area (Å²) in [6, 6.07) is 10.1. The summed E-state index contributed by atoms with van der Waals surface area (Å²) in [7, 11) is 0. The van der Waals surface area contributed by atoms with Gasteiger partial charge in [0.15, 0.2) is 0 Å². The molecule has 0 aliphatic carbocycles. The maximum Gasteiger partial charge on any atom is 0.146 e. The highest BCUT2D eigenvalue weighted by atomic mass is 35.5. The SMILES string of the molecule is NCC(Nc1ccccc1F)c1ccc(Cl)s1. The van der Waals surface area contributed by atoms with Crippen LogP contribution in [0.15, 0.2) is 36.4 Å². The van der Waals surface area contributed by atoms with Gasteiger partial charge in [-0.2, -0.15) is 0 Å². The van der Waals surface area contributed by atoms with E-state index in [0.29, 0.717) is 16.6 Å². The summed E-state index contributed by atoms with van der Waals surface area (Å²) in [5.41, 5.74) is 6.14. The number of thiophene rings is 1. The van der Waals surface area contributed by atoms with Gasteiger partial charge in [-0.05, 0) is 24.3 Å². The van der Waals surface area contributed by atoms with Crippen molar-refractivity contribution < 1.29 is 4.39 Å². The van der Waals surface area contributed by atoms with E-state index in [1.54, 1.807) is 18.2 Å². The maximum atomic E-state index is 13.5. The van der Waals surface area contributed by atoms with Crippen molar-refractivity contribution in [3.8, 4) is 0 Å². The first kappa shape index (κ1) is 12.4. The minimum Gasteiger partial charge on any atom is -0.374 e. The molecule has 0 radical (unpaired) electrons. The smallest absolute Gasteiger partial charge is 0.146 e. The molecule has 2 rings (SSSR count). The second kappa shape index (κ2) is 5.49. The summed E-state index contributed by atoms with van der Waals surface area (Å²) >= 11 is 7.32. The van der Waals surface area contributed by atoms with Gasteiger partial charge in [-0.1, -0.05) is 23.7 Å². The fourth-order valence-electron chi connectivity index (χ4n) is 1.53. The molecule has 0 saturated heterocycles. The molecule has 1 unspecified atom stereocenters. The van der Waals surface area contributed by atoms with E-state index in [4.69, 9.17) is 17.3 Å². The summed E-state index contributed by atoms with van der Waals surface area (Å²) in [6.45, 7) is 0.380. The molecule has 5 heteroatoms. The highest BCUT2D eigenvalue weighted by Crippen LogP contribution is 2.29. The quantitative estimate of drug-likeness (QED) is 0.890. The normalized spacial score (nSPS) is 12.4. The van der Waals surface area contributed by atoms with Gasteiger partial charge in [0, 0.05) is 11.4 Å². The third-order valence-corrected chi connectivity index (χ3v) is 3.72. The van der Waals surface area contributed by atoms with Crippen LogP contribution < -0.4 is 11.1 Å². The van der Waals surface area contributed by atoms with E-state index in [9.17, 15) is 4.39 Å². The predicted octanol–water partition coefficient (Wildman–Crippen LogP) is 3.65. The van der Waals surface area contributed by atoms with Crippen LogP contribution in [0.5, 0.6) is 0 Å². The number of benzene rings is 1. The lowest BCUT2D eigenvalue weighted by atomic mass is 10.2. The summed E-state index contributed by atoms with van der Waals surface area (Å²) in [5, 5.41) is 3.08. The van der Waals surface area contributed by atoms with Gasteiger partial charge in [0.05, 0.1) is 16.1 Å². The Bertz CT molecular complexity index is 501. The lowest BCUT2D eigenvalue weighted by Gasteiger charge is -2.17. The molecule has 0 amide bonds. The number of hydrogen-bond acceptors (Lipinski definition) is 3. The fraction of sp³-hybridized carbons (Fsp3) is 0.167. The Morgan fingerprint density at radius 2 is 2.06 bits per heavy atom. The largest absolute Gasteiger partial charge is 0.374 e. The molecular formula is C12H12ClFN2S. The second-order valence-electron chi connectivity index (χ2n) is 3.55. The van der Waals surface area contributed by atoms with Crippen molar-refractivity contribution in [3.63, 3.8) is 0 Å². The first-order valence-corrected chi connectivity index (χ1v) is 6.36. The molecule has 1 aromatic heterocycles. The molecule has 2 nitrogen and oxygen atoms in total. The maximum absolute atomic E-state index is 13.5. The molecule has 0 bridgehead atoms. The Balaban J connectivity index is 2.18. The van der Waals surface area contributed by atoms with Gasteiger partial charge in [0.2, 0.25) is 0 Å². The van der Waals surface area contributed by atoms with Crippen molar-refractivity contribution in [2.75, 3.05) is 11.9 Å². The van der Waals surface area contributed by atoms with Crippen LogP contribution in [0.2, 0.25) is 4.34 Å². The first-order chi connectivity index (χ1) is 8.20. The minimum atomic E-state index is -0.284. The van der Waals surface area contributed by atoms with E-state index >= 15 is 0 Å². The van der Waals surface area contributed by atoms with E-state index in [-0.39, 0.29) is 11.9 Å². The van der Waals surface area contributed by atoms with Crippen LogP contribution in [0.1, 0.15) is 10.9 Å². The van der Waals surface area contributed by atoms with Crippen LogP contribution in [0, 0.1) is 5.82 Å². The van der Waals surface area contributed by atoms with Gasteiger partial charge in [0.25, 0.3) is 0 Å².